The Labute approximate surface area is 148 Å². The Balaban J connectivity index is 2.06. The lowest BCUT2D eigenvalue weighted by Gasteiger charge is -2.12. The molecular formula is C18H15BrN2O3. The zero-order chi connectivity index (χ0) is 17.1. The summed E-state index contributed by atoms with van der Waals surface area (Å²) in [5.41, 5.74) is 1.82. The number of carbonyl (C=O) groups excluding carboxylic acids is 1. The van der Waals surface area contributed by atoms with Crippen LogP contribution in [-0.2, 0) is 4.79 Å². The lowest BCUT2D eigenvalue weighted by atomic mass is 10.1. The van der Waals surface area contributed by atoms with Crippen LogP contribution in [-0.4, -0.2) is 26.0 Å². The average molecular weight is 387 g/mol. The van der Waals surface area contributed by atoms with Crippen LogP contribution < -0.4 is 14.8 Å². The van der Waals surface area contributed by atoms with Gasteiger partial charge in [-0.1, -0.05) is 40.2 Å². The molecule has 24 heavy (non-hydrogen) atoms. The van der Waals surface area contributed by atoms with Gasteiger partial charge in [0.15, 0.2) is 0 Å². The first kappa shape index (κ1) is 16.3. The number of rotatable bonds is 4. The molecule has 1 N–H and O–H groups in total. The van der Waals surface area contributed by atoms with Crippen LogP contribution in [0.2, 0.25) is 0 Å². The summed E-state index contributed by atoms with van der Waals surface area (Å²) in [4.78, 5) is 16.7. The molecule has 0 saturated carbocycles. The molecule has 0 atom stereocenters. The van der Waals surface area contributed by atoms with E-state index in [1.807, 2.05) is 30.3 Å². The maximum absolute atomic E-state index is 12.3. The lowest BCUT2D eigenvalue weighted by molar-refractivity contribution is -0.115. The standard InChI is InChI=1S/C18H15BrN2O3/c1-23-14-8-5-9-15(24-2)16(14)17-20-13(18(22)21-17)10-11-6-3-4-7-12(11)19/h3-10H,1-2H3,(H,20,21,22)/b13-10-. The third-order valence-electron chi connectivity index (χ3n) is 3.56. The number of carbonyl (C=O) groups is 1. The molecule has 6 heteroatoms. The molecule has 2 aromatic carbocycles. The van der Waals surface area contributed by atoms with E-state index in [1.54, 1.807) is 32.4 Å². The number of nitrogens with one attached hydrogen (secondary N) is 1. The van der Waals surface area contributed by atoms with Crippen molar-refractivity contribution in [3.05, 3.63) is 63.8 Å². The van der Waals surface area contributed by atoms with Crippen molar-refractivity contribution in [3.8, 4) is 11.5 Å². The monoisotopic (exact) mass is 386 g/mol. The molecule has 0 unspecified atom stereocenters. The first-order valence-corrected chi connectivity index (χ1v) is 8.01. The van der Waals surface area contributed by atoms with Crippen LogP contribution in [0.15, 0.2) is 57.6 Å². The van der Waals surface area contributed by atoms with Crippen molar-refractivity contribution in [1.82, 2.24) is 5.32 Å². The number of halogens is 1. The van der Waals surface area contributed by atoms with Gasteiger partial charge in [-0.2, -0.15) is 0 Å². The largest absolute Gasteiger partial charge is 0.496 e. The van der Waals surface area contributed by atoms with E-state index >= 15 is 0 Å². The van der Waals surface area contributed by atoms with Crippen LogP contribution in [0.4, 0.5) is 0 Å². The second-order valence-electron chi connectivity index (χ2n) is 5.00. The van der Waals surface area contributed by atoms with E-state index in [0.717, 1.165) is 10.0 Å². The van der Waals surface area contributed by atoms with Crippen molar-refractivity contribution in [2.75, 3.05) is 14.2 Å². The third kappa shape index (κ3) is 3.05. The summed E-state index contributed by atoms with van der Waals surface area (Å²) in [6.07, 6.45) is 1.73. The van der Waals surface area contributed by atoms with Crippen LogP contribution in [0.5, 0.6) is 11.5 Å². The second-order valence-corrected chi connectivity index (χ2v) is 5.86. The van der Waals surface area contributed by atoms with Gasteiger partial charge < -0.3 is 14.8 Å². The fourth-order valence-electron chi connectivity index (χ4n) is 2.41. The summed E-state index contributed by atoms with van der Waals surface area (Å²) in [5, 5.41) is 2.78. The summed E-state index contributed by atoms with van der Waals surface area (Å²) in [7, 11) is 3.13. The fourth-order valence-corrected chi connectivity index (χ4v) is 2.81. The Morgan fingerprint density at radius 1 is 1.04 bits per heavy atom. The minimum atomic E-state index is -0.270. The molecule has 0 aromatic heterocycles. The predicted molar refractivity (Wildman–Crippen MR) is 96.3 cm³/mol. The number of amidine groups is 1. The topological polar surface area (TPSA) is 59.9 Å². The van der Waals surface area contributed by atoms with Gasteiger partial charge in [0.05, 0.1) is 14.2 Å². The van der Waals surface area contributed by atoms with Gasteiger partial charge in [-0.25, -0.2) is 4.99 Å². The number of methoxy groups -OCH3 is 2. The van der Waals surface area contributed by atoms with Gasteiger partial charge in [-0.15, -0.1) is 0 Å². The Bertz CT molecular complexity index is 837. The van der Waals surface area contributed by atoms with E-state index in [2.05, 4.69) is 26.2 Å². The number of aliphatic imine (C=N–C) groups is 1. The molecule has 2 aromatic rings. The minimum absolute atomic E-state index is 0.270. The van der Waals surface area contributed by atoms with Gasteiger partial charge in [0.25, 0.3) is 5.91 Å². The molecule has 5 nitrogen and oxygen atoms in total. The van der Waals surface area contributed by atoms with E-state index < -0.39 is 0 Å². The highest BCUT2D eigenvalue weighted by atomic mass is 79.9. The molecule has 0 fully saturated rings. The van der Waals surface area contributed by atoms with Gasteiger partial charge in [0, 0.05) is 4.47 Å². The summed E-state index contributed by atoms with van der Waals surface area (Å²) in [6.45, 7) is 0. The van der Waals surface area contributed by atoms with Gasteiger partial charge in [-0.3, -0.25) is 4.79 Å². The van der Waals surface area contributed by atoms with Gasteiger partial charge in [-0.05, 0) is 29.8 Å². The molecule has 122 valence electrons. The van der Waals surface area contributed by atoms with Crippen molar-refractivity contribution in [2.24, 2.45) is 4.99 Å². The number of nitrogens with zero attached hydrogens (tertiary/aromatic N) is 1. The lowest BCUT2D eigenvalue weighted by Crippen LogP contribution is -2.25. The quantitative estimate of drug-likeness (QED) is 0.819. The van der Waals surface area contributed by atoms with E-state index in [1.165, 1.54) is 0 Å². The average Bonchev–Trinajstić information content (AvgIpc) is 2.96. The second kappa shape index (κ2) is 6.88. The molecule has 1 amide bonds. The Morgan fingerprint density at radius 2 is 1.71 bits per heavy atom. The van der Waals surface area contributed by atoms with E-state index in [-0.39, 0.29) is 5.91 Å². The first-order valence-electron chi connectivity index (χ1n) is 7.21. The molecule has 1 aliphatic rings. The van der Waals surface area contributed by atoms with Crippen LogP contribution in [0.3, 0.4) is 0 Å². The van der Waals surface area contributed by atoms with E-state index in [0.29, 0.717) is 28.6 Å². The highest BCUT2D eigenvalue weighted by Crippen LogP contribution is 2.30. The Kier molecular flexibility index (Phi) is 4.66. The molecule has 0 spiro atoms. The fraction of sp³-hybridized carbons (Fsp3) is 0.111. The van der Waals surface area contributed by atoms with Crippen molar-refractivity contribution in [2.45, 2.75) is 0 Å². The normalized spacial score (nSPS) is 15.2. The molecule has 1 heterocycles. The number of ether oxygens (including phenoxy) is 2. The molecule has 0 radical (unpaired) electrons. The Morgan fingerprint density at radius 3 is 2.33 bits per heavy atom. The molecule has 0 bridgehead atoms. The summed E-state index contributed by atoms with van der Waals surface area (Å²) < 4.78 is 11.6. The van der Waals surface area contributed by atoms with Crippen molar-refractivity contribution < 1.29 is 14.3 Å². The summed E-state index contributed by atoms with van der Waals surface area (Å²) in [5.74, 6) is 1.30. The van der Waals surface area contributed by atoms with Crippen molar-refractivity contribution >= 4 is 33.7 Å². The maximum atomic E-state index is 12.3. The number of hydrogen-bond acceptors (Lipinski definition) is 4. The first-order chi connectivity index (χ1) is 11.6. The van der Waals surface area contributed by atoms with Crippen LogP contribution in [0.1, 0.15) is 11.1 Å². The highest BCUT2D eigenvalue weighted by molar-refractivity contribution is 9.10. The minimum Gasteiger partial charge on any atom is -0.496 e. The zero-order valence-electron chi connectivity index (χ0n) is 13.2. The van der Waals surface area contributed by atoms with Gasteiger partial charge >= 0.3 is 0 Å². The number of amides is 1. The van der Waals surface area contributed by atoms with Crippen LogP contribution >= 0.6 is 15.9 Å². The molecule has 3 rings (SSSR count). The van der Waals surface area contributed by atoms with E-state index in [9.17, 15) is 4.79 Å². The zero-order valence-corrected chi connectivity index (χ0v) is 14.8. The third-order valence-corrected chi connectivity index (χ3v) is 4.28. The molecule has 0 saturated heterocycles. The smallest absolute Gasteiger partial charge is 0.275 e. The summed E-state index contributed by atoms with van der Waals surface area (Å²) >= 11 is 3.46. The van der Waals surface area contributed by atoms with Crippen LogP contribution in [0.25, 0.3) is 6.08 Å². The van der Waals surface area contributed by atoms with Crippen molar-refractivity contribution in [1.29, 1.82) is 0 Å². The van der Waals surface area contributed by atoms with Gasteiger partial charge in [0.1, 0.15) is 28.6 Å². The predicted octanol–water partition coefficient (Wildman–Crippen LogP) is 3.38. The highest BCUT2D eigenvalue weighted by Gasteiger charge is 2.26. The Hall–Kier alpha value is -2.60. The van der Waals surface area contributed by atoms with Crippen molar-refractivity contribution in [3.63, 3.8) is 0 Å². The van der Waals surface area contributed by atoms with Gasteiger partial charge in [0.2, 0.25) is 0 Å². The van der Waals surface area contributed by atoms with Crippen LogP contribution in [0, 0.1) is 0 Å². The SMILES string of the molecule is COc1cccc(OC)c1C1=N/C(=C\c2ccccc2Br)C(=O)N1. The maximum Gasteiger partial charge on any atom is 0.275 e. The molecule has 0 aliphatic carbocycles. The number of hydrogen-bond donors (Lipinski definition) is 1. The summed E-state index contributed by atoms with van der Waals surface area (Å²) in [6, 6.07) is 13.0. The number of benzene rings is 2. The molecular weight excluding hydrogens is 372 g/mol. The molecule has 1 aliphatic heterocycles. The van der Waals surface area contributed by atoms with E-state index in [4.69, 9.17) is 9.47 Å².